The van der Waals surface area contributed by atoms with Gasteiger partial charge in [-0.1, -0.05) is 40.0 Å². The zero-order chi connectivity index (χ0) is 17.1. The van der Waals surface area contributed by atoms with Crippen LogP contribution in [0.1, 0.15) is 59.3 Å². The summed E-state index contributed by atoms with van der Waals surface area (Å²) in [5.41, 5.74) is -2.65. The molecule has 2 N–H and O–H groups in total. The molecule has 8 heteroatoms. The summed E-state index contributed by atoms with van der Waals surface area (Å²) in [6, 6.07) is 0. The van der Waals surface area contributed by atoms with Gasteiger partial charge < -0.3 is 24.0 Å². The molecule has 7 nitrogen and oxygen atoms in total. The number of hydrogen-bond donors (Lipinski definition) is 2. The highest BCUT2D eigenvalue weighted by molar-refractivity contribution is 7.54. The van der Waals surface area contributed by atoms with E-state index in [0.29, 0.717) is 19.3 Å². The fraction of sp³-hybridized carbons (Fsp3) is 0.929. The summed E-state index contributed by atoms with van der Waals surface area (Å²) in [6.07, 6.45) is 4.03. The van der Waals surface area contributed by atoms with Crippen LogP contribution in [0, 0.1) is 0 Å². The van der Waals surface area contributed by atoms with E-state index in [1.54, 1.807) is 0 Å². The number of rotatable bonds is 13. The molecule has 0 radical (unpaired) electrons. The van der Waals surface area contributed by atoms with Gasteiger partial charge in [0, 0.05) is 0 Å². The second-order valence-electron chi connectivity index (χ2n) is 5.02. The predicted octanol–water partition coefficient (Wildman–Crippen LogP) is 2.79. The van der Waals surface area contributed by atoms with E-state index in [1.165, 1.54) is 0 Å². The molecule has 132 valence electrons. The van der Waals surface area contributed by atoms with Gasteiger partial charge in [0.1, 0.15) is 0 Å². The molecule has 0 saturated heterocycles. The SMILES string of the molecule is CCCCOC(=O)C(OCCCC)(OCCCC)P(=O)(O)O. The molecule has 0 rings (SSSR count). The Morgan fingerprint density at radius 3 is 1.68 bits per heavy atom. The minimum absolute atomic E-state index is 0.0105. The Labute approximate surface area is 132 Å². The third-order valence-corrected chi connectivity index (χ3v) is 4.17. The summed E-state index contributed by atoms with van der Waals surface area (Å²) in [6.45, 7) is 5.82. The zero-order valence-electron chi connectivity index (χ0n) is 13.7. The van der Waals surface area contributed by atoms with Crippen molar-refractivity contribution in [3.63, 3.8) is 0 Å². The maximum absolute atomic E-state index is 12.2. The van der Waals surface area contributed by atoms with Crippen LogP contribution in [0.4, 0.5) is 0 Å². The van der Waals surface area contributed by atoms with Crippen LogP contribution >= 0.6 is 7.60 Å². The molecule has 0 aliphatic heterocycles. The Morgan fingerprint density at radius 2 is 1.32 bits per heavy atom. The van der Waals surface area contributed by atoms with Crippen molar-refractivity contribution in [1.29, 1.82) is 0 Å². The van der Waals surface area contributed by atoms with E-state index in [2.05, 4.69) is 0 Å². The van der Waals surface area contributed by atoms with Crippen molar-refractivity contribution in [1.82, 2.24) is 0 Å². The maximum Gasteiger partial charge on any atom is 0.397 e. The molecule has 22 heavy (non-hydrogen) atoms. The maximum atomic E-state index is 12.2. The van der Waals surface area contributed by atoms with Gasteiger partial charge in [0.05, 0.1) is 19.8 Å². The smallest absolute Gasteiger partial charge is 0.397 e. The lowest BCUT2D eigenvalue weighted by molar-refractivity contribution is -0.219. The van der Waals surface area contributed by atoms with Crippen LogP contribution in [0.15, 0.2) is 0 Å². The summed E-state index contributed by atoms with van der Waals surface area (Å²) < 4.78 is 27.2. The second kappa shape index (κ2) is 11.1. The van der Waals surface area contributed by atoms with Crippen LogP contribution in [0.2, 0.25) is 0 Å². The van der Waals surface area contributed by atoms with Crippen LogP contribution < -0.4 is 0 Å². The lowest BCUT2D eigenvalue weighted by atomic mass is 10.3. The highest BCUT2D eigenvalue weighted by Gasteiger charge is 2.58. The number of carbonyl (C=O) groups is 1. The van der Waals surface area contributed by atoms with E-state index in [9.17, 15) is 19.1 Å². The van der Waals surface area contributed by atoms with Crippen LogP contribution in [0.3, 0.4) is 0 Å². The van der Waals surface area contributed by atoms with Crippen molar-refractivity contribution >= 4 is 13.6 Å². The van der Waals surface area contributed by atoms with E-state index >= 15 is 0 Å². The summed E-state index contributed by atoms with van der Waals surface area (Å²) in [4.78, 5) is 31.4. The first-order valence-corrected chi connectivity index (χ1v) is 9.47. The van der Waals surface area contributed by atoms with Gasteiger partial charge in [-0.05, 0) is 19.3 Å². The molecule has 0 heterocycles. The summed E-state index contributed by atoms with van der Waals surface area (Å²) in [5, 5.41) is 0. The molecule has 0 aliphatic carbocycles. The molecule has 0 atom stereocenters. The van der Waals surface area contributed by atoms with Gasteiger partial charge in [-0.15, -0.1) is 0 Å². The number of ether oxygens (including phenoxy) is 3. The molecule has 0 fully saturated rings. The van der Waals surface area contributed by atoms with Gasteiger partial charge in [-0.25, -0.2) is 4.79 Å². The Balaban J connectivity index is 5.15. The lowest BCUT2D eigenvalue weighted by Crippen LogP contribution is -2.46. The van der Waals surface area contributed by atoms with Crippen molar-refractivity contribution in [2.45, 2.75) is 64.8 Å². The normalized spacial score (nSPS) is 12.4. The first-order valence-electron chi connectivity index (χ1n) is 7.86. The third-order valence-electron chi connectivity index (χ3n) is 2.96. The molecular weight excluding hydrogens is 311 g/mol. The molecule has 0 spiro atoms. The second-order valence-corrected chi connectivity index (χ2v) is 6.70. The molecule has 0 aromatic rings. The van der Waals surface area contributed by atoms with E-state index in [-0.39, 0.29) is 19.8 Å². The van der Waals surface area contributed by atoms with E-state index < -0.39 is 19.1 Å². The highest BCUT2D eigenvalue weighted by Crippen LogP contribution is 2.53. The largest absolute Gasteiger partial charge is 0.461 e. The highest BCUT2D eigenvalue weighted by atomic mass is 31.2. The number of esters is 1. The van der Waals surface area contributed by atoms with Crippen LogP contribution in [0.5, 0.6) is 0 Å². The third kappa shape index (κ3) is 6.75. The number of hydrogen-bond acceptors (Lipinski definition) is 5. The van der Waals surface area contributed by atoms with Crippen LogP contribution in [0.25, 0.3) is 0 Å². The first kappa shape index (κ1) is 21.5. The van der Waals surface area contributed by atoms with Crippen LogP contribution in [-0.2, 0) is 23.6 Å². The minimum Gasteiger partial charge on any atom is -0.461 e. The average molecular weight is 340 g/mol. The Hall–Kier alpha value is -0.460. The fourth-order valence-corrected chi connectivity index (χ4v) is 2.38. The fourth-order valence-electron chi connectivity index (χ4n) is 1.56. The Bertz CT molecular complexity index is 343. The molecule has 0 saturated carbocycles. The number of unbranched alkanes of at least 4 members (excludes halogenated alkanes) is 3. The van der Waals surface area contributed by atoms with E-state index in [0.717, 1.165) is 19.3 Å². The van der Waals surface area contributed by atoms with Gasteiger partial charge in [0.25, 0.3) is 0 Å². The van der Waals surface area contributed by atoms with Crippen molar-refractivity contribution in [2.24, 2.45) is 0 Å². The van der Waals surface area contributed by atoms with E-state index in [1.807, 2.05) is 20.8 Å². The van der Waals surface area contributed by atoms with Crippen molar-refractivity contribution in [3.8, 4) is 0 Å². The number of carbonyl (C=O) groups excluding carboxylic acids is 1. The molecular formula is C14H29O7P. The van der Waals surface area contributed by atoms with Crippen molar-refractivity contribution < 1.29 is 33.4 Å². The van der Waals surface area contributed by atoms with Crippen molar-refractivity contribution in [2.75, 3.05) is 19.8 Å². The van der Waals surface area contributed by atoms with Gasteiger partial charge in [-0.3, -0.25) is 4.57 Å². The molecule has 0 aromatic carbocycles. The van der Waals surface area contributed by atoms with Gasteiger partial charge >= 0.3 is 19.1 Å². The molecule has 0 aromatic heterocycles. The zero-order valence-corrected chi connectivity index (χ0v) is 14.6. The monoisotopic (exact) mass is 340 g/mol. The average Bonchev–Trinajstić information content (AvgIpc) is 2.44. The van der Waals surface area contributed by atoms with Gasteiger partial charge in [-0.2, -0.15) is 0 Å². The molecule has 0 bridgehead atoms. The molecule has 0 unspecified atom stereocenters. The van der Waals surface area contributed by atoms with Gasteiger partial charge in [0.15, 0.2) is 0 Å². The Kier molecular flexibility index (Phi) is 10.9. The standard InChI is InChI=1S/C14H29O7P/c1-4-7-10-19-13(15)14(22(16,17)18,20-11-8-5-2)21-12-9-6-3/h4-12H2,1-3H3,(H2,16,17,18). The van der Waals surface area contributed by atoms with Crippen molar-refractivity contribution in [3.05, 3.63) is 0 Å². The van der Waals surface area contributed by atoms with E-state index in [4.69, 9.17) is 14.2 Å². The van der Waals surface area contributed by atoms with Gasteiger partial charge in [0.2, 0.25) is 0 Å². The summed E-state index contributed by atoms with van der Waals surface area (Å²) >= 11 is 0. The Morgan fingerprint density at radius 1 is 0.909 bits per heavy atom. The minimum atomic E-state index is -5.01. The quantitative estimate of drug-likeness (QED) is 0.230. The molecule has 0 aliphatic rings. The topological polar surface area (TPSA) is 102 Å². The molecule has 0 amide bonds. The summed E-state index contributed by atoms with van der Waals surface area (Å²) in [7, 11) is -5.01. The lowest BCUT2D eigenvalue weighted by Gasteiger charge is -2.31. The predicted molar refractivity (Wildman–Crippen MR) is 82.4 cm³/mol. The van der Waals surface area contributed by atoms with Crippen LogP contribution in [-0.4, -0.2) is 41.1 Å². The first-order chi connectivity index (χ1) is 10.4. The summed E-state index contributed by atoms with van der Waals surface area (Å²) in [5.74, 6) is -1.15.